The van der Waals surface area contributed by atoms with Crippen LogP contribution in [0.15, 0.2) is 78.2 Å². The SMILES string of the molecule is CC(OC(=O)c1ccc2nc(-c3ccccc3)[nH]c2c1)C(=O)Nc1nc(-c2ccccc2Cl)cs1. The van der Waals surface area contributed by atoms with Gasteiger partial charge in [0.1, 0.15) is 5.82 Å². The Hall–Kier alpha value is -4.01. The number of anilines is 1. The summed E-state index contributed by atoms with van der Waals surface area (Å²) in [7, 11) is 0. The minimum atomic E-state index is -1.02. The molecule has 9 heteroatoms. The van der Waals surface area contributed by atoms with Gasteiger partial charge in [-0.05, 0) is 31.2 Å². The normalized spacial score (nSPS) is 11.8. The van der Waals surface area contributed by atoms with Gasteiger partial charge in [-0.2, -0.15) is 0 Å². The number of imidazole rings is 1. The molecule has 7 nitrogen and oxygen atoms in total. The van der Waals surface area contributed by atoms with Gasteiger partial charge in [0, 0.05) is 21.5 Å². The van der Waals surface area contributed by atoms with Gasteiger partial charge in [0.2, 0.25) is 0 Å². The monoisotopic (exact) mass is 502 g/mol. The zero-order valence-electron chi connectivity index (χ0n) is 18.5. The number of fused-ring (bicyclic) bond motifs is 1. The van der Waals surface area contributed by atoms with Crippen LogP contribution in [0, 0.1) is 0 Å². The summed E-state index contributed by atoms with van der Waals surface area (Å²) in [4.78, 5) is 37.5. The molecule has 3 aromatic carbocycles. The van der Waals surface area contributed by atoms with Crippen LogP contribution in [0.4, 0.5) is 5.13 Å². The van der Waals surface area contributed by atoms with Crippen molar-refractivity contribution in [3.8, 4) is 22.6 Å². The second-order valence-electron chi connectivity index (χ2n) is 7.74. The molecule has 35 heavy (non-hydrogen) atoms. The first-order valence-electron chi connectivity index (χ1n) is 10.8. The van der Waals surface area contributed by atoms with E-state index >= 15 is 0 Å². The molecule has 1 atom stereocenters. The van der Waals surface area contributed by atoms with Crippen LogP contribution >= 0.6 is 22.9 Å². The molecule has 0 saturated heterocycles. The van der Waals surface area contributed by atoms with Crippen LogP contribution in [-0.2, 0) is 9.53 Å². The summed E-state index contributed by atoms with van der Waals surface area (Å²) in [6.07, 6.45) is -1.02. The number of carbonyl (C=O) groups excluding carboxylic acids is 2. The topological polar surface area (TPSA) is 97.0 Å². The van der Waals surface area contributed by atoms with Crippen molar-refractivity contribution in [2.75, 3.05) is 5.32 Å². The molecule has 0 bridgehead atoms. The van der Waals surface area contributed by atoms with Crippen LogP contribution < -0.4 is 5.32 Å². The van der Waals surface area contributed by atoms with Crippen LogP contribution in [-0.4, -0.2) is 32.9 Å². The highest BCUT2D eigenvalue weighted by Gasteiger charge is 2.21. The lowest BCUT2D eigenvalue weighted by Gasteiger charge is -2.12. The van der Waals surface area contributed by atoms with Crippen molar-refractivity contribution in [3.05, 3.63) is 88.8 Å². The number of hydrogen-bond donors (Lipinski definition) is 2. The Balaban J connectivity index is 1.25. The maximum Gasteiger partial charge on any atom is 0.338 e. The van der Waals surface area contributed by atoms with Crippen molar-refractivity contribution in [1.82, 2.24) is 15.0 Å². The van der Waals surface area contributed by atoms with Crippen LogP contribution in [0.2, 0.25) is 5.02 Å². The number of H-pyrrole nitrogens is 1. The molecule has 0 radical (unpaired) electrons. The van der Waals surface area contributed by atoms with E-state index in [0.717, 1.165) is 16.6 Å². The Bertz CT molecular complexity index is 1530. The van der Waals surface area contributed by atoms with Gasteiger partial charge >= 0.3 is 5.97 Å². The maximum absolute atomic E-state index is 12.7. The van der Waals surface area contributed by atoms with Crippen LogP contribution in [0.25, 0.3) is 33.7 Å². The first-order valence-corrected chi connectivity index (χ1v) is 12.0. The molecular formula is C26H19ClN4O3S. The third-order valence-electron chi connectivity index (χ3n) is 5.30. The van der Waals surface area contributed by atoms with Gasteiger partial charge in [0.25, 0.3) is 5.91 Å². The Morgan fingerprint density at radius 1 is 1.03 bits per heavy atom. The number of benzene rings is 3. The molecule has 2 heterocycles. The standard InChI is InChI=1S/C26H19ClN4O3S/c1-15(24(32)31-26-30-22(14-35-26)18-9-5-6-10-19(18)27)34-25(33)17-11-12-20-21(13-17)29-23(28-20)16-7-3-2-4-8-16/h2-15H,1H3,(H,28,29)(H,30,31,32). The molecule has 5 aromatic rings. The average Bonchev–Trinajstić information content (AvgIpc) is 3.51. The number of amides is 1. The molecule has 5 rings (SSSR count). The van der Waals surface area contributed by atoms with Gasteiger partial charge in [0.15, 0.2) is 11.2 Å². The maximum atomic E-state index is 12.7. The number of ether oxygens (including phenoxy) is 1. The lowest BCUT2D eigenvalue weighted by molar-refractivity contribution is -0.123. The summed E-state index contributed by atoms with van der Waals surface area (Å²) < 4.78 is 5.39. The molecule has 1 amide bonds. The lowest BCUT2D eigenvalue weighted by Crippen LogP contribution is -2.29. The highest BCUT2D eigenvalue weighted by molar-refractivity contribution is 7.14. The van der Waals surface area contributed by atoms with E-state index in [4.69, 9.17) is 16.3 Å². The molecule has 2 N–H and O–H groups in total. The number of halogens is 1. The molecule has 0 aliphatic heterocycles. The number of hydrogen-bond acceptors (Lipinski definition) is 6. The summed E-state index contributed by atoms with van der Waals surface area (Å²) in [6, 6.07) is 22.1. The van der Waals surface area contributed by atoms with Crippen LogP contribution in [0.1, 0.15) is 17.3 Å². The first-order chi connectivity index (χ1) is 17.0. The van der Waals surface area contributed by atoms with E-state index in [9.17, 15) is 9.59 Å². The van der Waals surface area contributed by atoms with E-state index in [1.54, 1.807) is 29.6 Å². The van der Waals surface area contributed by atoms with Crippen molar-refractivity contribution >= 4 is 51.0 Å². The minimum Gasteiger partial charge on any atom is -0.449 e. The largest absolute Gasteiger partial charge is 0.449 e. The molecule has 2 aromatic heterocycles. The summed E-state index contributed by atoms with van der Waals surface area (Å²) in [6.45, 7) is 1.51. The van der Waals surface area contributed by atoms with E-state index in [2.05, 4.69) is 20.3 Å². The average molecular weight is 503 g/mol. The number of aromatic amines is 1. The fourth-order valence-electron chi connectivity index (χ4n) is 3.48. The summed E-state index contributed by atoms with van der Waals surface area (Å²) in [5, 5.41) is 5.45. The minimum absolute atomic E-state index is 0.315. The van der Waals surface area contributed by atoms with Crippen LogP contribution in [0.3, 0.4) is 0 Å². The molecule has 0 fully saturated rings. The number of esters is 1. The van der Waals surface area contributed by atoms with Crippen LogP contribution in [0.5, 0.6) is 0 Å². The summed E-state index contributed by atoms with van der Waals surface area (Å²) in [5.74, 6) is -0.382. The van der Waals surface area contributed by atoms with Crippen molar-refractivity contribution in [2.24, 2.45) is 0 Å². The Morgan fingerprint density at radius 3 is 2.60 bits per heavy atom. The van der Waals surface area contributed by atoms with Gasteiger partial charge < -0.3 is 9.72 Å². The number of nitrogens with zero attached hydrogens (tertiary/aromatic N) is 2. The smallest absolute Gasteiger partial charge is 0.338 e. The van der Waals surface area contributed by atoms with E-state index in [1.807, 2.05) is 48.5 Å². The lowest BCUT2D eigenvalue weighted by atomic mass is 10.2. The molecule has 0 saturated carbocycles. The van der Waals surface area contributed by atoms with Gasteiger partial charge in [-0.1, -0.05) is 60.1 Å². The second-order valence-corrected chi connectivity index (χ2v) is 9.00. The van der Waals surface area contributed by atoms with Gasteiger partial charge in [0.05, 0.1) is 22.3 Å². The predicted octanol–water partition coefficient (Wildman–Crippen LogP) is 6.19. The fraction of sp³-hybridized carbons (Fsp3) is 0.0769. The zero-order valence-corrected chi connectivity index (χ0v) is 20.1. The number of aromatic nitrogens is 3. The summed E-state index contributed by atoms with van der Waals surface area (Å²) in [5.41, 5.74) is 4.11. The van der Waals surface area contributed by atoms with Gasteiger partial charge in [-0.3, -0.25) is 10.1 Å². The molecule has 0 spiro atoms. The summed E-state index contributed by atoms with van der Waals surface area (Å²) >= 11 is 7.48. The predicted molar refractivity (Wildman–Crippen MR) is 138 cm³/mol. The van der Waals surface area contributed by atoms with E-state index < -0.39 is 18.0 Å². The molecule has 0 aliphatic rings. The second kappa shape index (κ2) is 9.69. The first kappa shape index (κ1) is 22.8. The van der Waals surface area contributed by atoms with Crippen molar-refractivity contribution in [2.45, 2.75) is 13.0 Å². The van der Waals surface area contributed by atoms with Gasteiger partial charge in [-0.15, -0.1) is 11.3 Å². The quantitative estimate of drug-likeness (QED) is 0.270. The molecule has 0 aliphatic carbocycles. The molecule has 1 unspecified atom stereocenters. The van der Waals surface area contributed by atoms with E-state index in [1.165, 1.54) is 18.3 Å². The number of thiazole rings is 1. The van der Waals surface area contributed by atoms with Crippen molar-refractivity contribution in [3.63, 3.8) is 0 Å². The Morgan fingerprint density at radius 2 is 1.80 bits per heavy atom. The van der Waals surface area contributed by atoms with Gasteiger partial charge in [-0.25, -0.2) is 14.8 Å². The third kappa shape index (κ3) is 4.94. The number of carbonyl (C=O) groups is 2. The fourth-order valence-corrected chi connectivity index (χ4v) is 4.43. The number of nitrogens with one attached hydrogen (secondary N) is 2. The van der Waals surface area contributed by atoms with Crippen molar-refractivity contribution in [1.29, 1.82) is 0 Å². The third-order valence-corrected chi connectivity index (χ3v) is 6.39. The molecule has 174 valence electrons. The molecular weight excluding hydrogens is 484 g/mol. The van der Waals surface area contributed by atoms with E-state index in [0.29, 0.717) is 32.8 Å². The zero-order chi connectivity index (χ0) is 24.4. The highest BCUT2D eigenvalue weighted by atomic mass is 35.5. The Kier molecular flexibility index (Phi) is 6.31. The highest BCUT2D eigenvalue weighted by Crippen LogP contribution is 2.30. The Labute approximate surface area is 209 Å². The van der Waals surface area contributed by atoms with Crippen molar-refractivity contribution < 1.29 is 14.3 Å². The number of rotatable bonds is 6. The van der Waals surface area contributed by atoms with E-state index in [-0.39, 0.29) is 0 Å².